The molecule has 0 spiro atoms. The second kappa shape index (κ2) is 6.10. The van der Waals surface area contributed by atoms with Gasteiger partial charge < -0.3 is 15.6 Å². The van der Waals surface area contributed by atoms with Crippen LogP contribution in [0.3, 0.4) is 0 Å². The van der Waals surface area contributed by atoms with Crippen molar-refractivity contribution in [1.29, 1.82) is 0 Å². The number of hydrogen-bond donors (Lipinski definition) is 2. The van der Waals surface area contributed by atoms with Crippen LogP contribution >= 0.6 is 18.5 Å². The summed E-state index contributed by atoms with van der Waals surface area (Å²) in [4.78, 5) is 8.60. The fraction of sp³-hybridized carbons (Fsp3) is 0.533. The van der Waals surface area contributed by atoms with Crippen molar-refractivity contribution in [2.24, 2.45) is 0 Å². The van der Waals surface area contributed by atoms with Crippen LogP contribution < -0.4 is 5.73 Å². The predicted molar refractivity (Wildman–Crippen MR) is 96.9 cm³/mol. The monoisotopic (exact) mass is 356 g/mol. The molecule has 1 aliphatic rings. The molecule has 1 aliphatic heterocycles. The van der Waals surface area contributed by atoms with Crippen molar-refractivity contribution < 1.29 is 9.84 Å². The molecule has 3 N–H and O–H groups in total. The molecule has 0 aliphatic carbocycles. The Balaban J connectivity index is 1.85. The van der Waals surface area contributed by atoms with Crippen LogP contribution in [0.4, 0.5) is 5.69 Å². The van der Waals surface area contributed by atoms with Gasteiger partial charge in [-0.05, 0) is 32.0 Å². The van der Waals surface area contributed by atoms with E-state index in [1.54, 1.807) is 23.2 Å². The van der Waals surface area contributed by atoms with E-state index in [4.69, 9.17) is 22.1 Å². The van der Waals surface area contributed by atoms with Crippen molar-refractivity contribution in [2.45, 2.75) is 30.2 Å². The third kappa shape index (κ3) is 3.26. The fourth-order valence-corrected chi connectivity index (χ4v) is 4.08. The molecule has 6 nitrogen and oxygen atoms in total. The van der Waals surface area contributed by atoms with E-state index in [1.807, 2.05) is 0 Å². The van der Waals surface area contributed by atoms with Crippen LogP contribution in [0, 0.1) is 0 Å². The average Bonchev–Trinajstić information content (AvgIpc) is 3.01. The van der Waals surface area contributed by atoms with Gasteiger partial charge in [-0.3, -0.25) is 4.57 Å². The van der Waals surface area contributed by atoms with Gasteiger partial charge in [0.05, 0.1) is 18.1 Å². The van der Waals surface area contributed by atoms with Crippen LogP contribution in [0.15, 0.2) is 18.6 Å². The lowest BCUT2D eigenvalue weighted by Gasteiger charge is -2.18. The van der Waals surface area contributed by atoms with E-state index in [9.17, 15) is 5.11 Å². The Hall–Kier alpha value is -1.07. The fourth-order valence-electron chi connectivity index (χ4n) is 2.78. The smallest absolute Gasteiger partial charge is 0.164 e. The number of aromatic nitrogens is 3. The van der Waals surface area contributed by atoms with Crippen LogP contribution in [0.2, 0.25) is 0 Å². The summed E-state index contributed by atoms with van der Waals surface area (Å²) in [6.45, 7) is 3.16. The number of anilines is 1. The number of ether oxygens (including phenoxy) is 1. The summed E-state index contributed by atoms with van der Waals surface area (Å²) in [7, 11) is 0. The summed E-state index contributed by atoms with van der Waals surface area (Å²) in [5.74, 6) is 0. The van der Waals surface area contributed by atoms with Gasteiger partial charge in [0.2, 0.25) is 0 Å². The lowest BCUT2D eigenvalue weighted by Crippen LogP contribution is -2.28. The number of fused-ring (bicyclic) bond motifs is 1. The number of nitrogen functional groups attached to an aromatic ring is 1. The van der Waals surface area contributed by atoms with Gasteiger partial charge >= 0.3 is 0 Å². The van der Waals surface area contributed by atoms with Crippen LogP contribution in [0.5, 0.6) is 0 Å². The molecule has 23 heavy (non-hydrogen) atoms. The summed E-state index contributed by atoms with van der Waals surface area (Å²) < 4.78 is 7.77. The summed E-state index contributed by atoms with van der Waals surface area (Å²) in [5.41, 5.74) is 7.69. The number of aliphatic hydroxyl groups is 1. The van der Waals surface area contributed by atoms with Crippen molar-refractivity contribution in [1.82, 2.24) is 14.5 Å². The number of nitrogens with zero attached hydrogens (tertiary/aromatic N) is 3. The minimum atomic E-state index is -1.17. The molecular formula is C15H22ClN4O2P. The standard InChI is InChI=1S/C15H22ClN4O2P/c1-23(2,3)7-5-10-13(21)11(16)15(22-10)20-8-19-12-9(17)4-6-18-14(12)20/h4,6,8,10-11,13,15,21H,1,5,7H2,2-3H3,(H2,17,18)/t10?,11-,13-,15?/m1/s1. The number of hydrogen-bond acceptors (Lipinski definition) is 5. The normalized spacial score (nSPS) is 28.5. The molecular weight excluding hydrogens is 335 g/mol. The summed E-state index contributed by atoms with van der Waals surface area (Å²) in [6, 6.07) is 1.70. The zero-order chi connectivity index (χ0) is 16.8. The molecule has 1 fully saturated rings. The minimum Gasteiger partial charge on any atom is -0.397 e. The first-order valence-corrected chi connectivity index (χ1v) is 11.0. The molecule has 0 amide bonds. The molecule has 8 heteroatoms. The van der Waals surface area contributed by atoms with Crippen molar-refractivity contribution >= 4 is 41.6 Å². The van der Waals surface area contributed by atoms with Crippen LogP contribution in [-0.2, 0) is 4.74 Å². The predicted octanol–water partition coefficient (Wildman–Crippen LogP) is 1.98. The Morgan fingerprint density at radius 2 is 2.22 bits per heavy atom. The van der Waals surface area contributed by atoms with E-state index in [0.717, 1.165) is 12.6 Å². The van der Waals surface area contributed by atoms with Crippen molar-refractivity contribution in [3.8, 4) is 0 Å². The molecule has 4 atom stereocenters. The highest BCUT2D eigenvalue weighted by Crippen LogP contribution is 2.41. The van der Waals surface area contributed by atoms with Crippen LogP contribution in [0.1, 0.15) is 12.6 Å². The molecule has 2 aromatic heterocycles. The first-order valence-electron chi connectivity index (χ1n) is 7.50. The van der Waals surface area contributed by atoms with Crippen molar-refractivity contribution in [3.63, 3.8) is 0 Å². The molecule has 0 bridgehead atoms. The molecule has 2 unspecified atom stereocenters. The van der Waals surface area contributed by atoms with Crippen LogP contribution in [-0.4, -0.2) is 63.0 Å². The number of rotatable bonds is 4. The largest absolute Gasteiger partial charge is 0.397 e. The second-order valence-electron chi connectivity index (χ2n) is 6.67. The SMILES string of the molecule is C=P(C)(C)CCC1OC(n2cnc3c(N)ccnc32)[C@H](Cl)[C@@H]1O. The second-order valence-corrected chi connectivity index (χ2v) is 11.5. The molecule has 2 aromatic rings. The molecule has 0 aromatic carbocycles. The van der Waals surface area contributed by atoms with Gasteiger partial charge in [-0.2, -0.15) is 0 Å². The number of imidazole rings is 1. The average molecular weight is 357 g/mol. The quantitative estimate of drug-likeness (QED) is 0.646. The van der Waals surface area contributed by atoms with Gasteiger partial charge in [0.1, 0.15) is 17.0 Å². The highest BCUT2D eigenvalue weighted by atomic mass is 35.5. The first kappa shape index (κ1) is 16.8. The van der Waals surface area contributed by atoms with Crippen molar-refractivity contribution in [3.05, 3.63) is 18.6 Å². The Bertz CT molecular complexity index is 759. The molecule has 3 rings (SSSR count). The van der Waals surface area contributed by atoms with Crippen LogP contribution in [0.25, 0.3) is 11.2 Å². The molecule has 0 radical (unpaired) electrons. The Kier molecular flexibility index (Phi) is 4.45. The third-order valence-electron chi connectivity index (χ3n) is 4.08. The van der Waals surface area contributed by atoms with Gasteiger partial charge in [-0.15, -0.1) is 24.8 Å². The lowest BCUT2D eigenvalue weighted by molar-refractivity contribution is -0.0176. The molecule has 0 saturated carbocycles. The molecule has 126 valence electrons. The van der Waals surface area contributed by atoms with Gasteiger partial charge in [-0.25, -0.2) is 9.97 Å². The van der Waals surface area contributed by atoms with E-state index in [2.05, 4.69) is 29.6 Å². The number of halogens is 1. The van der Waals surface area contributed by atoms with E-state index in [1.165, 1.54) is 0 Å². The Morgan fingerprint density at radius 3 is 2.91 bits per heavy atom. The summed E-state index contributed by atoms with van der Waals surface area (Å²) in [6.07, 6.45) is 7.58. The van der Waals surface area contributed by atoms with Gasteiger partial charge in [0.15, 0.2) is 11.9 Å². The van der Waals surface area contributed by atoms with E-state index in [0.29, 0.717) is 16.9 Å². The van der Waals surface area contributed by atoms with E-state index < -0.39 is 24.6 Å². The number of aliphatic hydroxyl groups excluding tert-OH is 1. The summed E-state index contributed by atoms with van der Waals surface area (Å²) in [5, 5.41) is 9.84. The zero-order valence-corrected chi connectivity index (χ0v) is 14.9. The number of nitrogens with two attached hydrogens (primary N) is 1. The Labute approximate surface area is 140 Å². The van der Waals surface area contributed by atoms with E-state index >= 15 is 0 Å². The maximum absolute atomic E-state index is 10.4. The van der Waals surface area contributed by atoms with Gasteiger partial charge in [-0.1, -0.05) is 0 Å². The lowest BCUT2D eigenvalue weighted by atomic mass is 10.1. The third-order valence-corrected chi connectivity index (χ3v) is 6.02. The highest BCUT2D eigenvalue weighted by Gasteiger charge is 2.44. The van der Waals surface area contributed by atoms with Gasteiger partial charge in [0, 0.05) is 6.20 Å². The summed E-state index contributed by atoms with van der Waals surface area (Å²) >= 11 is 6.42. The topological polar surface area (TPSA) is 86.2 Å². The molecule has 1 saturated heterocycles. The number of alkyl halides is 1. The van der Waals surface area contributed by atoms with E-state index in [-0.39, 0.29) is 6.10 Å². The molecule has 3 heterocycles. The zero-order valence-electron chi connectivity index (χ0n) is 13.3. The maximum Gasteiger partial charge on any atom is 0.164 e. The van der Waals surface area contributed by atoms with Gasteiger partial charge in [0.25, 0.3) is 0 Å². The minimum absolute atomic E-state index is 0.304. The highest BCUT2D eigenvalue weighted by molar-refractivity contribution is 7.72. The van der Waals surface area contributed by atoms with Crippen molar-refractivity contribution in [2.75, 3.05) is 25.2 Å². The number of pyridine rings is 1. The Morgan fingerprint density at radius 1 is 1.48 bits per heavy atom. The first-order chi connectivity index (χ1) is 10.8. The maximum atomic E-state index is 10.4.